The fourth-order valence-electron chi connectivity index (χ4n) is 8.07. The van der Waals surface area contributed by atoms with Crippen LogP contribution in [0.15, 0.2) is 77.1 Å². The molecule has 2 aromatic carbocycles. The van der Waals surface area contributed by atoms with Gasteiger partial charge in [0, 0.05) is 55.2 Å². The Hall–Kier alpha value is -7.39. The van der Waals surface area contributed by atoms with Gasteiger partial charge >= 0.3 is 0 Å². The van der Waals surface area contributed by atoms with Crippen molar-refractivity contribution in [2.75, 3.05) is 31.1 Å². The molecule has 16 N–H and O–H groups in total. The number of guanidine groups is 1. The fourth-order valence-corrected chi connectivity index (χ4v) is 11.0. The molecule has 0 radical (unpaired) electrons. The Balaban J connectivity index is 1.46. The quantitative estimate of drug-likeness (QED) is 0.0276. The number of likely N-dealkylation sites (tertiary alicyclic amines) is 1. The molecule has 2 aliphatic heterocycles. The van der Waals surface area contributed by atoms with Gasteiger partial charge in [0.25, 0.3) is 0 Å². The first-order chi connectivity index (χ1) is 35.9. The van der Waals surface area contributed by atoms with Crippen LogP contribution in [0.1, 0.15) is 54.5 Å². The van der Waals surface area contributed by atoms with E-state index in [9.17, 15) is 53.1 Å². The first kappa shape index (κ1) is 58.5. The molecule has 75 heavy (non-hydrogen) atoms. The molecule has 3 aromatic rings. The van der Waals surface area contributed by atoms with E-state index < -0.39 is 114 Å². The zero-order valence-corrected chi connectivity index (χ0v) is 43.3. The first-order valence-electron chi connectivity index (χ1n) is 24.0. The Labute approximate surface area is 444 Å². The summed E-state index contributed by atoms with van der Waals surface area (Å²) in [5, 5.41) is 30.2. The third kappa shape index (κ3) is 19.4. The molecule has 0 aliphatic carbocycles. The molecule has 2 aliphatic rings. The Bertz CT molecular complexity index is 2520. The number of carbonyl (C=O) groups excluding carboxylic acids is 10. The molecule has 3 heterocycles. The van der Waals surface area contributed by atoms with Crippen molar-refractivity contribution in [1.82, 2.24) is 42.1 Å². The van der Waals surface area contributed by atoms with E-state index in [0.717, 1.165) is 21.6 Å². The number of hydrogen-bond donors (Lipinski definition) is 12. The SMILES string of the molecule is NC(=O)CNC(=O)[C@H](CCCN=C(N)N)NC(=O)[C@@H]1CCCN1C(=O)[C@H]1CSSCCC(=O)N[C@@H](Cc2ccc(O)cc2)C(=O)N[C@@H](Cc2ccccc2)C(=O)N[C@@H](Cc2cccs2)C(=O)N[C@@H](CC(N)=O)C(=O)N1. The molecule has 1 aromatic heterocycles. The van der Waals surface area contributed by atoms with Crippen LogP contribution in [0, 0.1) is 0 Å². The van der Waals surface area contributed by atoms with Gasteiger partial charge < -0.3 is 70.2 Å². The van der Waals surface area contributed by atoms with Gasteiger partial charge in [0.05, 0.1) is 13.0 Å². The average molecular weight is 1090 g/mol. The van der Waals surface area contributed by atoms with Gasteiger partial charge in [-0.25, -0.2) is 0 Å². The van der Waals surface area contributed by atoms with Gasteiger partial charge in [-0.1, -0.05) is 70.1 Å². The number of phenolic OH excluding ortho intramolecular Hbond substituents is 1. The van der Waals surface area contributed by atoms with Crippen molar-refractivity contribution in [3.8, 4) is 5.75 Å². The van der Waals surface area contributed by atoms with Gasteiger partial charge in [-0.3, -0.25) is 52.9 Å². The van der Waals surface area contributed by atoms with E-state index in [2.05, 4.69) is 42.2 Å². The summed E-state index contributed by atoms with van der Waals surface area (Å²) >= 11 is 1.28. The topological polar surface area (TPSA) is 395 Å². The van der Waals surface area contributed by atoms with Crippen molar-refractivity contribution in [1.29, 1.82) is 0 Å². The monoisotopic (exact) mass is 1090 g/mol. The van der Waals surface area contributed by atoms with Crippen molar-refractivity contribution in [3.05, 3.63) is 88.1 Å². The predicted molar refractivity (Wildman–Crippen MR) is 282 cm³/mol. The minimum atomic E-state index is -1.68. The summed E-state index contributed by atoms with van der Waals surface area (Å²) in [6.45, 7) is -0.341. The van der Waals surface area contributed by atoms with Crippen LogP contribution < -0.4 is 60.2 Å². The number of phenols is 1. The molecule has 5 rings (SSSR count). The lowest BCUT2D eigenvalue weighted by atomic mass is 10.0. The standard InChI is InChI=1S/C48H63N13O11S3/c49-38(63)24-35-45(70)60-36(47(72)61-18-5-11-37(61)46(71)56-31(10-4-17-53-48(51)52)41(66)54-25-39(50)64)26-75-74-20-16-40(65)55-32(22-28-12-14-29(62)15-13-28)42(67)57-33(21-27-7-2-1-3-8-27)43(68)58-34(44(69)59-35)23-30-9-6-19-73-30/h1-3,6-9,12-15,19,31-37,62H,4-5,10-11,16-18,20-26H2,(H2,49,63)(H2,50,64)(H,54,66)(H,55,65)(H,56,71)(H,57,67)(H,58,68)(H,59,69)(H,60,70)(H4,51,52,53)/t31-,32-,33-,34-,35-,36+,37-/m0/s1. The lowest BCUT2D eigenvalue weighted by Crippen LogP contribution is -2.61. The van der Waals surface area contributed by atoms with Crippen LogP contribution in [-0.4, -0.2) is 148 Å². The molecule has 2 fully saturated rings. The van der Waals surface area contributed by atoms with Crippen molar-refractivity contribution in [3.63, 3.8) is 0 Å². The number of aromatic hydroxyl groups is 1. The van der Waals surface area contributed by atoms with Gasteiger partial charge in [0.1, 0.15) is 48.0 Å². The average Bonchev–Trinajstić information content (AvgIpc) is 4.09. The fraction of sp³-hybridized carbons (Fsp3) is 0.438. The lowest BCUT2D eigenvalue weighted by Gasteiger charge is -2.31. The zero-order valence-electron chi connectivity index (χ0n) is 40.8. The highest BCUT2D eigenvalue weighted by Gasteiger charge is 2.40. The highest BCUT2D eigenvalue weighted by Crippen LogP contribution is 2.26. The van der Waals surface area contributed by atoms with Crippen LogP contribution in [-0.2, 0) is 67.2 Å². The van der Waals surface area contributed by atoms with Crippen LogP contribution in [0.25, 0.3) is 0 Å². The summed E-state index contributed by atoms with van der Waals surface area (Å²) in [7, 11) is 2.26. The van der Waals surface area contributed by atoms with Crippen LogP contribution in [0.4, 0.5) is 0 Å². The number of nitrogens with zero attached hydrogens (tertiary/aromatic N) is 2. The number of benzene rings is 2. The second kappa shape index (κ2) is 29.5. The number of primary amides is 2. The van der Waals surface area contributed by atoms with Crippen molar-refractivity contribution >= 4 is 98.0 Å². The lowest BCUT2D eigenvalue weighted by molar-refractivity contribution is -0.142. The van der Waals surface area contributed by atoms with Crippen molar-refractivity contribution in [2.24, 2.45) is 27.9 Å². The summed E-state index contributed by atoms with van der Waals surface area (Å²) < 4.78 is 0. The van der Waals surface area contributed by atoms with Crippen LogP contribution in [0.5, 0.6) is 5.75 Å². The minimum Gasteiger partial charge on any atom is -0.508 e. The van der Waals surface area contributed by atoms with Crippen molar-refractivity contribution in [2.45, 2.75) is 100 Å². The smallest absolute Gasteiger partial charge is 0.246 e. The normalized spacial score (nSPS) is 21.7. The van der Waals surface area contributed by atoms with Gasteiger partial charge in [-0.15, -0.1) is 11.3 Å². The number of rotatable bonds is 18. The summed E-state index contributed by atoms with van der Waals surface area (Å²) in [5.41, 5.74) is 22.9. The van der Waals surface area contributed by atoms with E-state index >= 15 is 0 Å². The molecule has 0 spiro atoms. The summed E-state index contributed by atoms with van der Waals surface area (Å²) in [6, 6.07) is 8.87. The van der Waals surface area contributed by atoms with E-state index in [1.165, 1.54) is 28.4 Å². The number of thiophene rings is 1. The highest BCUT2D eigenvalue weighted by molar-refractivity contribution is 8.76. The summed E-state index contributed by atoms with van der Waals surface area (Å²) in [4.78, 5) is 143. The maximum atomic E-state index is 14.6. The van der Waals surface area contributed by atoms with Gasteiger partial charge in [0.15, 0.2) is 5.96 Å². The van der Waals surface area contributed by atoms with E-state index in [1.807, 2.05) is 0 Å². The maximum Gasteiger partial charge on any atom is 0.246 e. The summed E-state index contributed by atoms with van der Waals surface area (Å²) in [6.07, 6.45) is -0.260. The van der Waals surface area contributed by atoms with Crippen LogP contribution >= 0.6 is 32.9 Å². The number of hydrogen-bond acceptors (Lipinski definition) is 15. The van der Waals surface area contributed by atoms with Gasteiger partial charge in [-0.05, 0) is 60.4 Å². The van der Waals surface area contributed by atoms with E-state index in [1.54, 1.807) is 60.0 Å². The maximum absolute atomic E-state index is 14.6. The third-order valence-electron chi connectivity index (χ3n) is 11.8. The molecule has 0 unspecified atom stereocenters. The number of aliphatic imine (C=N–C) groups is 1. The molecule has 404 valence electrons. The first-order valence-corrected chi connectivity index (χ1v) is 27.3. The Morgan fingerprint density at radius 3 is 1.99 bits per heavy atom. The molecule has 27 heteroatoms. The summed E-state index contributed by atoms with van der Waals surface area (Å²) in [5.74, 6) is -8.16. The molecule has 7 atom stereocenters. The van der Waals surface area contributed by atoms with Gasteiger partial charge in [0.2, 0.25) is 59.1 Å². The number of amides is 10. The van der Waals surface area contributed by atoms with Crippen molar-refractivity contribution < 1.29 is 53.1 Å². The number of nitrogens with two attached hydrogens (primary N) is 4. The highest BCUT2D eigenvalue weighted by atomic mass is 33.1. The van der Waals surface area contributed by atoms with Crippen LogP contribution in [0.3, 0.4) is 0 Å². The molecular formula is C48H63N13O11S3. The number of nitrogens with one attached hydrogen (secondary N) is 7. The molecule has 2 saturated heterocycles. The van der Waals surface area contributed by atoms with E-state index in [4.69, 9.17) is 22.9 Å². The molecule has 0 saturated carbocycles. The Morgan fingerprint density at radius 2 is 1.36 bits per heavy atom. The van der Waals surface area contributed by atoms with E-state index in [0.29, 0.717) is 22.4 Å². The second-order valence-electron chi connectivity index (χ2n) is 17.6. The molecule has 10 amide bonds. The molecule has 0 bridgehead atoms. The number of carbonyl (C=O) groups is 10. The zero-order chi connectivity index (χ0) is 54.4. The molecule has 24 nitrogen and oxygen atoms in total. The third-order valence-corrected chi connectivity index (χ3v) is 15.1. The van der Waals surface area contributed by atoms with E-state index in [-0.39, 0.29) is 81.3 Å². The predicted octanol–water partition coefficient (Wildman–Crippen LogP) is -2.30. The second-order valence-corrected chi connectivity index (χ2v) is 21.3. The Morgan fingerprint density at radius 1 is 0.733 bits per heavy atom. The molecular weight excluding hydrogens is 1030 g/mol. The minimum absolute atomic E-state index is 0.0174. The Kier molecular flexibility index (Phi) is 23.0. The largest absolute Gasteiger partial charge is 0.508 e. The van der Waals surface area contributed by atoms with Gasteiger partial charge in [-0.2, -0.15) is 0 Å². The van der Waals surface area contributed by atoms with Crippen LogP contribution in [0.2, 0.25) is 0 Å².